The van der Waals surface area contributed by atoms with Crippen LogP contribution in [0.3, 0.4) is 0 Å². The second kappa shape index (κ2) is 2.07. The fraction of sp³-hybridized carbons (Fsp3) is 0.167. The molecule has 0 aliphatic carbocycles. The molecule has 0 aliphatic heterocycles. The van der Waals surface area contributed by atoms with E-state index < -0.39 is 0 Å². The molecule has 0 unspecified atom stereocenters. The lowest BCUT2D eigenvalue weighted by Crippen LogP contribution is -1.99. The van der Waals surface area contributed by atoms with Crippen LogP contribution in [0.15, 0.2) is 0 Å². The lowest BCUT2D eigenvalue weighted by molar-refractivity contribution is 1.07. The molecular formula is C6H8N6. The third-order valence-corrected chi connectivity index (χ3v) is 1.63. The van der Waals surface area contributed by atoms with E-state index in [1.54, 1.807) is 0 Å². The maximum atomic E-state index is 5.57. The summed E-state index contributed by atoms with van der Waals surface area (Å²) in [6, 6.07) is 0. The predicted molar refractivity (Wildman–Crippen MR) is 45.2 cm³/mol. The van der Waals surface area contributed by atoms with Gasteiger partial charge < -0.3 is 11.5 Å². The van der Waals surface area contributed by atoms with Crippen LogP contribution in [0.2, 0.25) is 0 Å². The zero-order valence-corrected chi connectivity index (χ0v) is 6.50. The van der Waals surface area contributed by atoms with Crippen LogP contribution in [-0.2, 0) is 0 Å². The van der Waals surface area contributed by atoms with E-state index >= 15 is 0 Å². The fourth-order valence-electron chi connectivity index (χ4n) is 1.06. The average molecular weight is 164 g/mol. The van der Waals surface area contributed by atoms with E-state index in [2.05, 4.69) is 20.2 Å². The van der Waals surface area contributed by atoms with Crippen molar-refractivity contribution in [3.8, 4) is 0 Å². The summed E-state index contributed by atoms with van der Waals surface area (Å²) in [4.78, 5) is 7.78. The lowest BCUT2D eigenvalue weighted by atomic mass is 10.3. The highest BCUT2D eigenvalue weighted by molar-refractivity contribution is 5.86. The summed E-state index contributed by atoms with van der Waals surface area (Å²) in [6.45, 7) is 1.82. The van der Waals surface area contributed by atoms with E-state index in [1.165, 1.54) is 0 Å². The molecule has 0 bridgehead atoms. The van der Waals surface area contributed by atoms with E-state index in [9.17, 15) is 0 Å². The number of nitrogen functional groups attached to an aromatic ring is 2. The number of H-pyrrole nitrogens is 1. The van der Waals surface area contributed by atoms with Crippen molar-refractivity contribution in [2.45, 2.75) is 6.92 Å². The Morgan fingerprint density at radius 3 is 2.75 bits per heavy atom. The van der Waals surface area contributed by atoms with E-state index in [0.717, 1.165) is 5.69 Å². The van der Waals surface area contributed by atoms with Gasteiger partial charge in [0.05, 0.1) is 5.69 Å². The average Bonchev–Trinajstić information content (AvgIpc) is 2.33. The van der Waals surface area contributed by atoms with Crippen molar-refractivity contribution in [3.63, 3.8) is 0 Å². The first-order valence-corrected chi connectivity index (χ1v) is 3.42. The van der Waals surface area contributed by atoms with E-state index in [4.69, 9.17) is 11.5 Å². The van der Waals surface area contributed by atoms with Crippen LogP contribution in [0.25, 0.3) is 11.0 Å². The summed E-state index contributed by atoms with van der Waals surface area (Å²) >= 11 is 0. The number of anilines is 2. The number of hydrogen-bond acceptors (Lipinski definition) is 5. The fourth-order valence-corrected chi connectivity index (χ4v) is 1.06. The van der Waals surface area contributed by atoms with Crippen LogP contribution in [0, 0.1) is 6.92 Å². The van der Waals surface area contributed by atoms with Crippen LogP contribution in [0.1, 0.15) is 5.69 Å². The zero-order chi connectivity index (χ0) is 8.72. The maximum Gasteiger partial charge on any atom is 0.222 e. The Balaban J connectivity index is 2.92. The molecule has 0 atom stereocenters. The number of aromatic amines is 1. The highest BCUT2D eigenvalue weighted by Crippen LogP contribution is 2.17. The molecule has 0 spiro atoms. The smallest absolute Gasteiger partial charge is 0.222 e. The number of nitrogens with zero attached hydrogens (tertiary/aromatic N) is 3. The molecule has 0 aromatic carbocycles. The van der Waals surface area contributed by atoms with Gasteiger partial charge in [0.1, 0.15) is 11.0 Å². The molecule has 2 aromatic rings. The number of aryl methyl sites for hydroxylation is 1. The Kier molecular flexibility index (Phi) is 1.18. The highest BCUT2D eigenvalue weighted by Gasteiger charge is 2.07. The topological polar surface area (TPSA) is 106 Å². The van der Waals surface area contributed by atoms with E-state index in [0.29, 0.717) is 16.9 Å². The molecule has 0 radical (unpaired) electrons. The summed E-state index contributed by atoms with van der Waals surface area (Å²) in [7, 11) is 0. The molecule has 2 rings (SSSR count). The van der Waals surface area contributed by atoms with Crippen molar-refractivity contribution in [3.05, 3.63) is 5.69 Å². The van der Waals surface area contributed by atoms with Gasteiger partial charge in [0.15, 0.2) is 5.82 Å². The minimum absolute atomic E-state index is 0.171. The predicted octanol–water partition coefficient (Wildman–Crippen LogP) is -0.174. The Morgan fingerprint density at radius 2 is 2.00 bits per heavy atom. The van der Waals surface area contributed by atoms with Crippen molar-refractivity contribution in [1.82, 2.24) is 20.2 Å². The Labute approximate surface area is 68.0 Å². The minimum atomic E-state index is 0.171. The van der Waals surface area contributed by atoms with Crippen LogP contribution < -0.4 is 11.5 Å². The second-order valence-electron chi connectivity index (χ2n) is 2.50. The highest BCUT2D eigenvalue weighted by atomic mass is 15.2. The van der Waals surface area contributed by atoms with E-state index in [1.807, 2.05) is 6.92 Å². The SMILES string of the molecule is Cc1n[nH]c2c(N)nc(N)nc12. The largest absolute Gasteiger partial charge is 0.382 e. The summed E-state index contributed by atoms with van der Waals surface area (Å²) < 4.78 is 0. The number of nitrogens with one attached hydrogen (secondary N) is 1. The molecule has 62 valence electrons. The van der Waals surface area contributed by atoms with Gasteiger partial charge in [-0.25, -0.2) is 4.98 Å². The first-order valence-electron chi connectivity index (χ1n) is 3.42. The van der Waals surface area contributed by atoms with Crippen molar-refractivity contribution >= 4 is 22.8 Å². The molecule has 6 nitrogen and oxygen atoms in total. The van der Waals surface area contributed by atoms with Gasteiger partial charge >= 0.3 is 0 Å². The van der Waals surface area contributed by atoms with Gasteiger partial charge in [0.2, 0.25) is 5.95 Å². The van der Waals surface area contributed by atoms with E-state index in [-0.39, 0.29) is 5.95 Å². The number of nitrogens with two attached hydrogens (primary N) is 2. The van der Waals surface area contributed by atoms with Crippen molar-refractivity contribution < 1.29 is 0 Å². The first kappa shape index (κ1) is 6.84. The van der Waals surface area contributed by atoms with Crippen LogP contribution in [0.4, 0.5) is 11.8 Å². The van der Waals surface area contributed by atoms with Gasteiger partial charge in [-0.1, -0.05) is 0 Å². The number of aromatic nitrogens is 4. The molecule has 6 heteroatoms. The van der Waals surface area contributed by atoms with Gasteiger partial charge in [-0.15, -0.1) is 0 Å². The molecule has 5 N–H and O–H groups in total. The summed E-state index contributed by atoms with van der Waals surface area (Å²) in [6.07, 6.45) is 0. The number of hydrogen-bond donors (Lipinski definition) is 3. The molecular weight excluding hydrogens is 156 g/mol. The third-order valence-electron chi connectivity index (χ3n) is 1.63. The van der Waals surface area contributed by atoms with Crippen LogP contribution in [-0.4, -0.2) is 20.2 Å². The molecule has 0 saturated heterocycles. The molecule has 0 fully saturated rings. The van der Waals surface area contributed by atoms with Crippen molar-refractivity contribution in [2.75, 3.05) is 11.5 Å². The van der Waals surface area contributed by atoms with Gasteiger partial charge in [0, 0.05) is 0 Å². The molecule has 0 amide bonds. The molecule has 12 heavy (non-hydrogen) atoms. The minimum Gasteiger partial charge on any atom is -0.382 e. The summed E-state index contributed by atoms with van der Waals surface area (Å²) in [5.74, 6) is 0.502. The number of fused-ring (bicyclic) bond motifs is 1. The zero-order valence-electron chi connectivity index (χ0n) is 6.50. The van der Waals surface area contributed by atoms with Gasteiger partial charge in [-0.3, -0.25) is 5.10 Å². The molecule has 0 aliphatic rings. The molecule has 2 heterocycles. The molecule has 0 saturated carbocycles. The van der Waals surface area contributed by atoms with Gasteiger partial charge in [-0.2, -0.15) is 10.1 Å². The van der Waals surface area contributed by atoms with Crippen molar-refractivity contribution in [1.29, 1.82) is 0 Å². The Morgan fingerprint density at radius 1 is 1.25 bits per heavy atom. The standard InChI is InChI=1S/C6H8N6/c1-2-3-4(12-11-2)5(7)10-6(8)9-3/h1H3,(H,11,12)(H4,7,8,9,10). The lowest BCUT2D eigenvalue weighted by Gasteiger charge is -1.95. The second-order valence-corrected chi connectivity index (χ2v) is 2.50. The first-order chi connectivity index (χ1) is 5.68. The van der Waals surface area contributed by atoms with Crippen LogP contribution >= 0.6 is 0 Å². The summed E-state index contributed by atoms with van der Waals surface area (Å²) in [5.41, 5.74) is 13.1. The van der Waals surface area contributed by atoms with Crippen molar-refractivity contribution in [2.24, 2.45) is 0 Å². The van der Waals surface area contributed by atoms with Gasteiger partial charge in [0.25, 0.3) is 0 Å². The third kappa shape index (κ3) is 0.777. The summed E-state index contributed by atoms with van der Waals surface area (Å²) in [5, 5.41) is 6.66. The quantitative estimate of drug-likeness (QED) is 0.501. The van der Waals surface area contributed by atoms with Crippen LogP contribution in [0.5, 0.6) is 0 Å². The number of rotatable bonds is 0. The van der Waals surface area contributed by atoms with Gasteiger partial charge in [-0.05, 0) is 6.92 Å². The Hall–Kier alpha value is -1.85. The Bertz CT molecular complexity index is 431. The normalized spacial score (nSPS) is 10.8. The maximum absolute atomic E-state index is 5.57. The molecule has 2 aromatic heterocycles. The monoisotopic (exact) mass is 164 g/mol.